The number of allylic oxidation sites excluding steroid dienone is 2. The van der Waals surface area contributed by atoms with Crippen LogP contribution in [0.4, 0.5) is 0 Å². The minimum absolute atomic E-state index is 0.321. The molecule has 1 N–H and O–H groups in total. The molecule has 3 aliphatic carbocycles. The molecule has 4 rings (SSSR count). The van der Waals surface area contributed by atoms with Crippen LogP contribution in [0.3, 0.4) is 0 Å². The van der Waals surface area contributed by atoms with Gasteiger partial charge in [-0.25, -0.2) is 0 Å². The molecular formula is C10H11NO. The lowest BCUT2D eigenvalue weighted by molar-refractivity contribution is -0.158. The highest BCUT2D eigenvalue weighted by Gasteiger charge is 2.68. The Morgan fingerprint density at radius 1 is 1.25 bits per heavy atom. The third kappa shape index (κ3) is 0.384. The number of piperidine rings is 1. The van der Waals surface area contributed by atoms with E-state index < -0.39 is 0 Å². The van der Waals surface area contributed by atoms with Gasteiger partial charge in [-0.05, 0) is 30.1 Å². The molecule has 0 radical (unpaired) electrons. The lowest BCUT2D eigenvalue weighted by Gasteiger charge is -2.59. The molecule has 2 bridgehead atoms. The Hall–Kier alpha value is -0.790. The van der Waals surface area contributed by atoms with Crippen LogP contribution in [0.25, 0.3) is 0 Å². The summed E-state index contributed by atoms with van der Waals surface area (Å²) in [5, 5.41) is 3.03. The number of hydrogen-bond acceptors (Lipinski definition) is 1. The maximum absolute atomic E-state index is 11.2. The molecule has 3 fully saturated rings. The molecule has 2 saturated carbocycles. The zero-order valence-electron chi connectivity index (χ0n) is 6.73. The Labute approximate surface area is 71.0 Å². The summed E-state index contributed by atoms with van der Waals surface area (Å²) in [6.07, 6.45) is 6.04. The van der Waals surface area contributed by atoms with Gasteiger partial charge in [-0.15, -0.1) is 0 Å². The minimum atomic E-state index is 0.321. The van der Waals surface area contributed by atoms with Gasteiger partial charge < -0.3 is 5.32 Å². The van der Waals surface area contributed by atoms with E-state index >= 15 is 0 Å². The van der Waals surface area contributed by atoms with E-state index in [1.54, 1.807) is 0 Å². The molecule has 0 aromatic carbocycles. The van der Waals surface area contributed by atoms with E-state index in [1.807, 2.05) is 0 Å². The van der Waals surface area contributed by atoms with Crippen LogP contribution in [-0.4, -0.2) is 11.9 Å². The molecular weight excluding hydrogens is 150 g/mol. The predicted octanol–water partition coefficient (Wildman–Crippen LogP) is 0.553. The molecule has 1 heterocycles. The Bertz CT molecular complexity index is 309. The Morgan fingerprint density at radius 2 is 2.00 bits per heavy atom. The van der Waals surface area contributed by atoms with Crippen LogP contribution in [0.2, 0.25) is 0 Å². The van der Waals surface area contributed by atoms with Crippen molar-refractivity contribution in [1.29, 1.82) is 0 Å². The summed E-state index contributed by atoms with van der Waals surface area (Å²) in [5.74, 6) is 3.85. The maximum atomic E-state index is 11.2. The highest BCUT2D eigenvalue weighted by atomic mass is 16.2. The van der Waals surface area contributed by atoms with E-state index in [4.69, 9.17) is 0 Å². The van der Waals surface area contributed by atoms with Crippen molar-refractivity contribution in [3.63, 3.8) is 0 Å². The zero-order valence-corrected chi connectivity index (χ0v) is 6.73. The van der Waals surface area contributed by atoms with Gasteiger partial charge in [0.15, 0.2) is 0 Å². The summed E-state index contributed by atoms with van der Waals surface area (Å²) in [7, 11) is 0. The second kappa shape index (κ2) is 1.48. The van der Waals surface area contributed by atoms with Crippen molar-refractivity contribution in [1.82, 2.24) is 5.32 Å². The van der Waals surface area contributed by atoms with Gasteiger partial charge in [0.1, 0.15) is 0 Å². The average molecular weight is 161 g/mol. The molecule has 4 aliphatic rings. The van der Waals surface area contributed by atoms with Crippen LogP contribution in [0, 0.1) is 29.6 Å². The zero-order chi connectivity index (χ0) is 7.87. The van der Waals surface area contributed by atoms with Crippen molar-refractivity contribution in [3.05, 3.63) is 12.2 Å². The smallest absolute Gasteiger partial charge is 0.225 e. The monoisotopic (exact) mass is 161 g/mol. The highest BCUT2D eigenvalue weighted by molar-refractivity contribution is 5.88. The lowest BCUT2D eigenvalue weighted by atomic mass is 9.52. The van der Waals surface area contributed by atoms with Gasteiger partial charge >= 0.3 is 0 Å². The second-order valence-electron chi connectivity index (χ2n) is 4.66. The van der Waals surface area contributed by atoms with Crippen molar-refractivity contribution in [2.24, 2.45) is 29.6 Å². The van der Waals surface area contributed by atoms with E-state index in [1.165, 1.54) is 6.42 Å². The summed E-state index contributed by atoms with van der Waals surface area (Å²) < 4.78 is 0. The van der Waals surface area contributed by atoms with Crippen LogP contribution >= 0.6 is 0 Å². The topological polar surface area (TPSA) is 29.1 Å². The van der Waals surface area contributed by atoms with Gasteiger partial charge in [-0.2, -0.15) is 0 Å². The molecule has 1 aliphatic heterocycles. The lowest BCUT2D eigenvalue weighted by Crippen LogP contribution is -2.74. The molecule has 0 aromatic heterocycles. The minimum Gasteiger partial charge on any atom is -0.352 e. The number of rotatable bonds is 0. The maximum Gasteiger partial charge on any atom is 0.225 e. The van der Waals surface area contributed by atoms with E-state index in [9.17, 15) is 4.79 Å². The van der Waals surface area contributed by atoms with Crippen LogP contribution in [0.1, 0.15) is 6.42 Å². The van der Waals surface area contributed by atoms with Crippen molar-refractivity contribution in [2.75, 3.05) is 0 Å². The number of β-lactam (4-membered cyclic amide) rings is 1. The normalized spacial score (nSPS) is 63.2. The Kier molecular flexibility index (Phi) is 0.713. The summed E-state index contributed by atoms with van der Waals surface area (Å²) in [5.41, 5.74) is 0. The van der Waals surface area contributed by atoms with E-state index in [-0.39, 0.29) is 0 Å². The summed E-state index contributed by atoms with van der Waals surface area (Å²) in [6.45, 7) is 0. The molecule has 2 nitrogen and oxygen atoms in total. The third-order valence-corrected chi connectivity index (χ3v) is 4.41. The van der Waals surface area contributed by atoms with Crippen LogP contribution in [0.15, 0.2) is 12.2 Å². The number of nitrogens with one attached hydrogen (secondary N) is 1. The number of fused-ring (bicyclic) bond motifs is 8. The first-order valence-electron chi connectivity index (χ1n) is 4.85. The van der Waals surface area contributed by atoms with Crippen molar-refractivity contribution < 1.29 is 4.79 Å². The van der Waals surface area contributed by atoms with Crippen LogP contribution < -0.4 is 5.32 Å². The third-order valence-electron chi connectivity index (χ3n) is 4.41. The van der Waals surface area contributed by atoms with Crippen LogP contribution in [-0.2, 0) is 4.79 Å². The van der Waals surface area contributed by atoms with E-state index in [0.717, 1.165) is 23.7 Å². The number of carbonyl (C=O) groups excluding carboxylic acids is 1. The molecule has 1 saturated heterocycles. The highest BCUT2D eigenvalue weighted by Crippen LogP contribution is 2.63. The first kappa shape index (κ1) is 5.79. The molecule has 12 heavy (non-hydrogen) atoms. The summed E-state index contributed by atoms with van der Waals surface area (Å²) in [4.78, 5) is 11.2. The van der Waals surface area contributed by atoms with Crippen LogP contribution in [0.5, 0.6) is 0 Å². The molecule has 0 aromatic rings. The average Bonchev–Trinajstić information content (AvgIpc) is 2.55. The first-order valence-corrected chi connectivity index (χ1v) is 4.85. The first-order chi connectivity index (χ1) is 5.86. The van der Waals surface area contributed by atoms with Gasteiger partial charge in [-0.3, -0.25) is 4.79 Å². The quantitative estimate of drug-likeness (QED) is 0.408. The fourth-order valence-corrected chi connectivity index (χ4v) is 3.93. The summed E-state index contributed by atoms with van der Waals surface area (Å²) in [6, 6.07) is 0.572. The summed E-state index contributed by atoms with van der Waals surface area (Å²) >= 11 is 0. The van der Waals surface area contributed by atoms with Gasteiger partial charge in [0.05, 0.1) is 5.92 Å². The Morgan fingerprint density at radius 3 is 2.75 bits per heavy atom. The molecule has 62 valence electrons. The van der Waals surface area contributed by atoms with Gasteiger partial charge in [-0.1, -0.05) is 12.2 Å². The van der Waals surface area contributed by atoms with Gasteiger partial charge in [0.25, 0.3) is 0 Å². The fourth-order valence-electron chi connectivity index (χ4n) is 3.93. The largest absolute Gasteiger partial charge is 0.352 e. The van der Waals surface area contributed by atoms with Crippen molar-refractivity contribution >= 4 is 5.91 Å². The molecule has 1 amide bonds. The van der Waals surface area contributed by atoms with Crippen molar-refractivity contribution in [3.8, 4) is 0 Å². The second-order valence-corrected chi connectivity index (χ2v) is 4.66. The van der Waals surface area contributed by atoms with Gasteiger partial charge in [0.2, 0.25) is 5.91 Å². The van der Waals surface area contributed by atoms with E-state index in [2.05, 4.69) is 17.5 Å². The molecule has 0 spiro atoms. The number of carbonyl (C=O) groups is 1. The molecule has 6 unspecified atom stereocenters. The van der Waals surface area contributed by atoms with Crippen molar-refractivity contribution in [2.45, 2.75) is 12.5 Å². The number of amides is 1. The van der Waals surface area contributed by atoms with Gasteiger partial charge in [0, 0.05) is 6.04 Å². The molecule has 2 heteroatoms. The SMILES string of the molecule is O=C1NC2C1C1C3C=CC(C3)C21. The number of hydrogen-bond donors (Lipinski definition) is 1. The van der Waals surface area contributed by atoms with E-state index in [0.29, 0.717) is 17.9 Å². The fraction of sp³-hybridized carbons (Fsp3) is 0.700. The predicted molar refractivity (Wildman–Crippen MR) is 43.1 cm³/mol. The molecule has 6 atom stereocenters. The standard InChI is InChI=1S/C10H11NO/c12-10-8-6-4-1-2-5(3-4)7(6)9(8)11-10/h1-2,4-9H,3H2,(H,11,12). The Balaban J connectivity index is 1.77.